The van der Waals surface area contributed by atoms with Crippen LogP contribution in [0, 0.1) is 24.2 Å². The predicted octanol–water partition coefficient (Wildman–Crippen LogP) is 4.76. The molecule has 2 saturated heterocycles. The van der Waals surface area contributed by atoms with Gasteiger partial charge in [0.25, 0.3) is 0 Å². The maximum absolute atomic E-state index is 13.9. The second-order valence-electron chi connectivity index (χ2n) is 13.1. The Labute approximate surface area is 254 Å². The van der Waals surface area contributed by atoms with E-state index in [1.165, 1.54) is 6.92 Å². The van der Waals surface area contributed by atoms with Crippen molar-refractivity contribution < 1.29 is 34.1 Å². The number of carbonyl (C=O) groups excluding carboxylic acids is 3. The number of hydrogen-bond donors (Lipinski definition) is 3. The highest BCUT2D eigenvalue weighted by molar-refractivity contribution is 7.09. The smallest absolute Gasteiger partial charge is 0.309 e. The van der Waals surface area contributed by atoms with E-state index < -0.39 is 35.6 Å². The van der Waals surface area contributed by atoms with Crippen LogP contribution in [0.25, 0.3) is 6.08 Å². The van der Waals surface area contributed by atoms with Gasteiger partial charge in [-0.15, -0.1) is 11.3 Å². The van der Waals surface area contributed by atoms with E-state index in [-0.39, 0.29) is 35.7 Å². The minimum atomic E-state index is -1.29. The second-order valence-corrected chi connectivity index (χ2v) is 14.1. The average molecular weight is 607 g/mol. The Morgan fingerprint density at radius 1 is 1.21 bits per heavy atom. The number of epoxide rings is 1. The average Bonchev–Trinajstić information content (AvgIpc) is 3.35. The maximum Gasteiger partial charge on any atom is 0.309 e. The number of aromatic nitrogens is 1. The molecule has 236 valence electrons. The molecule has 1 amide bonds. The molecule has 2 fully saturated rings. The molecule has 1 unspecified atom stereocenters. The molecule has 42 heavy (non-hydrogen) atoms. The highest BCUT2D eigenvalue weighted by Crippen LogP contribution is 2.45. The summed E-state index contributed by atoms with van der Waals surface area (Å²) in [5.41, 5.74) is 0.0220. The van der Waals surface area contributed by atoms with Crippen LogP contribution in [-0.4, -0.2) is 69.4 Å². The monoisotopic (exact) mass is 606 g/mol. The third kappa shape index (κ3) is 9.18. The summed E-state index contributed by atoms with van der Waals surface area (Å²) in [6.45, 7) is 13.1. The topological polar surface area (TPSA) is 138 Å². The van der Waals surface area contributed by atoms with Crippen LogP contribution < -0.4 is 5.32 Å². The molecule has 0 saturated carbocycles. The molecule has 1 aromatic rings. The lowest BCUT2D eigenvalue weighted by Gasteiger charge is -2.36. The first-order valence-corrected chi connectivity index (χ1v) is 16.1. The lowest BCUT2D eigenvalue weighted by Crippen LogP contribution is -2.46. The van der Waals surface area contributed by atoms with Crippen LogP contribution in [0.5, 0.6) is 0 Å². The number of Topliss-reactive ketones (excluding diaryl/α,β-unsaturated/α-hetero) is 1. The Kier molecular flexibility index (Phi) is 11.9. The number of fused-ring (bicyclic) bond motifs is 1. The molecule has 3 rings (SSSR count). The molecule has 2 aliphatic rings. The van der Waals surface area contributed by atoms with E-state index in [4.69, 9.17) is 9.47 Å². The highest BCUT2D eigenvalue weighted by atomic mass is 32.1. The van der Waals surface area contributed by atoms with Gasteiger partial charge in [-0.05, 0) is 64.0 Å². The summed E-state index contributed by atoms with van der Waals surface area (Å²) in [5, 5.41) is 28.2. The summed E-state index contributed by atoms with van der Waals surface area (Å²) in [4.78, 5) is 42.8. The number of ether oxygens (including phenoxy) is 2. The van der Waals surface area contributed by atoms with E-state index in [9.17, 15) is 24.6 Å². The van der Waals surface area contributed by atoms with Crippen molar-refractivity contribution in [3.05, 3.63) is 21.7 Å². The van der Waals surface area contributed by atoms with Crippen molar-refractivity contribution in [3.63, 3.8) is 0 Å². The minimum absolute atomic E-state index is 0.0803. The molecule has 9 nitrogen and oxygen atoms in total. The predicted molar refractivity (Wildman–Crippen MR) is 163 cm³/mol. The third-order valence-corrected chi connectivity index (χ3v) is 9.86. The largest absolute Gasteiger partial charge is 0.458 e. The van der Waals surface area contributed by atoms with Crippen molar-refractivity contribution in [1.29, 1.82) is 0 Å². The van der Waals surface area contributed by atoms with Crippen LogP contribution in [0.2, 0.25) is 0 Å². The van der Waals surface area contributed by atoms with E-state index in [0.717, 1.165) is 35.5 Å². The van der Waals surface area contributed by atoms with Gasteiger partial charge in [-0.3, -0.25) is 14.4 Å². The first kappa shape index (κ1) is 34.4. The minimum Gasteiger partial charge on any atom is -0.458 e. The summed E-state index contributed by atoms with van der Waals surface area (Å²) in [6, 6.07) is 0. The first-order valence-electron chi connectivity index (χ1n) is 15.3. The first-order chi connectivity index (χ1) is 19.6. The number of nitrogens with zero attached hydrogens (tertiary/aromatic N) is 1. The summed E-state index contributed by atoms with van der Waals surface area (Å²) >= 11 is 1.55. The zero-order chi connectivity index (χ0) is 31.2. The second kappa shape index (κ2) is 14.6. The zero-order valence-electron chi connectivity index (χ0n) is 26.3. The molecule has 3 heterocycles. The summed E-state index contributed by atoms with van der Waals surface area (Å²) in [5.74, 6) is -1.81. The van der Waals surface area contributed by atoms with Crippen molar-refractivity contribution in [3.8, 4) is 0 Å². The number of rotatable bonds is 7. The van der Waals surface area contributed by atoms with Crippen molar-refractivity contribution in [2.24, 2.45) is 17.3 Å². The van der Waals surface area contributed by atoms with Crippen molar-refractivity contribution in [2.45, 2.75) is 130 Å². The van der Waals surface area contributed by atoms with Crippen molar-refractivity contribution in [2.75, 3.05) is 6.54 Å². The van der Waals surface area contributed by atoms with Gasteiger partial charge in [0.15, 0.2) is 0 Å². The van der Waals surface area contributed by atoms with Crippen LogP contribution in [0.4, 0.5) is 0 Å². The number of cyclic esters (lactones) is 1. The normalized spacial score (nSPS) is 33.0. The van der Waals surface area contributed by atoms with Gasteiger partial charge in [0.1, 0.15) is 11.9 Å². The number of aryl methyl sites for hydroxylation is 1. The Morgan fingerprint density at radius 3 is 2.57 bits per heavy atom. The zero-order valence-corrected chi connectivity index (χ0v) is 27.1. The molecule has 0 spiro atoms. The number of amides is 1. The van der Waals surface area contributed by atoms with Gasteiger partial charge in [-0.25, -0.2) is 4.98 Å². The van der Waals surface area contributed by atoms with Gasteiger partial charge in [-0.2, -0.15) is 0 Å². The van der Waals surface area contributed by atoms with E-state index in [1.807, 2.05) is 32.2 Å². The van der Waals surface area contributed by atoms with Crippen LogP contribution in [0.15, 0.2) is 11.0 Å². The molecule has 10 heteroatoms. The fraction of sp³-hybridized carbons (Fsp3) is 0.750. The summed E-state index contributed by atoms with van der Waals surface area (Å²) < 4.78 is 12.1. The molecular weight excluding hydrogens is 556 g/mol. The van der Waals surface area contributed by atoms with Crippen LogP contribution >= 0.6 is 11.3 Å². The maximum atomic E-state index is 13.9. The standard InChI is InChI=1S/C32H50N2O7S/c1-19-11-10-13-32(7)27(41-32)16-25(20(2)15-23-18-42-22(4)34-23)40-28(37)17-26(36)31(5,6)30(39)24(29(19)38)12-8-9-14-33-21(3)35/h15,18-19,24-27,29,36,38H,8-14,16-17H2,1-7H3,(H,33,35)/b20-15+/t19-,24+,25-,26-,27-,29-,32?/m0/s1. The van der Waals surface area contributed by atoms with Crippen LogP contribution in [0.3, 0.4) is 0 Å². The number of ketones is 1. The van der Waals surface area contributed by atoms with Gasteiger partial charge in [0.05, 0.1) is 46.5 Å². The number of nitrogens with one attached hydrogen (secondary N) is 1. The number of aliphatic hydroxyl groups excluding tert-OH is 2. The summed E-state index contributed by atoms with van der Waals surface area (Å²) in [6.07, 6.45) is 3.33. The quantitative estimate of drug-likeness (QED) is 0.229. The Morgan fingerprint density at radius 2 is 1.93 bits per heavy atom. The van der Waals surface area contributed by atoms with E-state index in [1.54, 1.807) is 25.2 Å². The molecule has 0 radical (unpaired) electrons. The van der Waals surface area contributed by atoms with Gasteiger partial charge in [0.2, 0.25) is 5.91 Å². The van der Waals surface area contributed by atoms with Gasteiger partial charge in [0, 0.05) is 31.2 Å². The molecular formula is C32H50N2O7S. The number of hydrogen-bond acceptors (Lipinski definition) is 9. The van der Waals surface area contributed by atoms with E-state index >= 15 is 0 Å². The van der Waals surface area contributed by atoms with Crippen LogP contribution in [0.1, 0.15) is 104 Å². The Hall–Kier alpha value is -2.14. The van der Waals surface area contributed by atoms with Crippen molar-refractivity contribution >= 4 is 35.1 Å². The third-order valence-electron chi connectivity index (χ3n) is 9.07. The van der Waals surface area contributed by atoms with Crippen LogP contribution in [-0.2, 0) is 23.9 Å². The lowest BCUT2D eigenvalue weighted by atomic mass is 9.71. The van der Waals surface area contributed by atoms with Gasteiger partial charge in [-0.1, -0.05) is 33.6 Å². The summed E-state index contributed by atoms with van der Waals surface area (Å²) in [7, 11) is 0. The Balaban J connectivity index is 1.83. The Bertz CT molecular complexity index is 1130. The molecule has 3 N–H and O–H groups in total. The van der Waals surface area contributed by atoms with Gasteiger partial charge >= 0.3 is 5.97 Å². The lowest BCUT2D eigenvalue weighted by molar-refractivity contribution is -0.155. The van der Waals surface area contributed by atoms with Crippen molar-refractivity contribution in [1.82, 2.24) is 10.3 Å². The molecule has 0 aliphatic carbocycles. The number of unbranched alkanes of at least 4 members (excludes halogenated alkanes) is 1. The van der Waals surface area contributed by atoms with Gasteiger partial charge < -0.3 is 25.0 Å². The van der Waals surface area contributed by atoms with E-state index in [2.05, 4.69) is 17.2 Å². The number of esters is 1. The molecule has 0 bridgehead atoms. The number of carbonyl (C=O) groups is 3. The molecule has 0 aromatic carbocycles. The fourth-order valence-corrected chi connectivity index (χ4v) is 6.49. The molecule has 1 aromatic heterocycles. The number of thiazole rings is 1. The molecule has 2 aliphatic heterocycles. The molecule has 7 atom stereocenters. The highest BCUT2D eigenvalue weighted by Gasteiger charge is 2.53. The van der Waals surface area contributed by atoms with E-state index in [0.29, 0.717) is 32.2 Å². The number of aliphatic hydroxyl groups is 2. The SMILES string of the molecule is CC(=O)NCCCC[C@H]1C(=O)C(C)(C)[C@@H](O)CC(=O)O[C@H](/C(C)=C/c2csc(C)n2)C[C@@H]2OC2(C)CCC[C@H](C)[C@@H]1O. The fourth-order valence-electron chi connectivity index (χ4n) is 5.92.